The molecule has 0 aliphatic rings. The molecule has 2 aromatic carbocycles. The molecule has 0 bridgehead atoms. The molecule has 0 heterocycles. The van der Waals surface area contributed by atoms with Crippen LogP contribution < -0.4 is 4.72 Å². The Hall–Kier alpha value is -2.79. The van der Waals surface area contributed by atoms with Crippen molar-refractivity contribution in [3.05, 3.63) is 67.0 Å². The average Bonchev–Trinajstić information content (AvgIpc) is 2.47. The number of rotatable bonds is 5. The molecule has 0 saturated carbocycles. The van der Waals surface area contributed by atoms with Gasteiger partial charge in [-0.15, -0.1) is 0 Å². The Labute approximate surface area is 145 Å². The van der Waals surface area contributed by atoms with E-state index in [1.165, 1.54) is 6.92 Å². The summed E-state index contributed by atoms with van der Waals surface area (Å²) in [4.78, 5) is 19.1. The number of nitrogens with zero attached hydrogens (tertiary/aromatic N) is 2. The van der Waals surface area contributed by atoms with Gasteiger partial charge >= 0.3 is 0 Å². The number of nitro benzene ring substituents is 2. The largest absolute Gasteiger partial charge is 0.289 e. The maximum atomic E-state index is 14.0. The number of anilines is 1. The van der Waals surface area contributed by atoms with E-state index < -0.39 is 42.0 Å². The van der Waals surface area contributed by atoms with Crippen LogP contribution in [0.5, 0.6) is 0 Å². The number of nitro groups is 2. The fraction of sp³-hybridized carbons (Fsp3) is 0.0769. The normalized spacial score (nSPS) is 11.2. The van der Waals surface area contributed by atoms with E-state index >= 15 is 0 Å². The molecule has 9 nitrogen and oxygen atoms in total. The van der Waals surface area contributed by atoms with E-state index in [0.29, 0.717) is 6.07 Å². The van der Waals surface area contributed by atoms with E-state index in [4.69, 9.17) is 11.6 Å². The van der Waals surface area contributed by atoms with Crippen LogP contribution in [-0.4, -0.2) is 18.3 Å². The number of benzene rings is 2. The maximum absolute atomic E-state index is 14.0. The summed E-state index contributed by atoms with van der Waals surface area (Å²) in [6.07, 6.45) is 0. The quantitative estimate of drug-likeness (QED) is 0.615. The molecule has 2 aromatic rings. The summed E-state index contributed by atoms with van der Waals surface area (Å²) in [6, 6.07) is 4.37. The summed E-state index contributed by atoms with van der Waals surface area (Å²) in [7, 11) is -4.57. The van der Waals surface area contributed by atoms with Crippen molar-refractivity contribution in [1.29, 1.82) is 0 Å². The molecule has 1 N–H and O–H groups in total. The maximum Gasteiger partial charge on any atom is 0.289 e. The van der Waals surface area contributed by atoms with Crippen molar-refractivity contribution >= 4 is 38.7 Å². The van der Waals surface area contributed by atoms with Crippen LogP contribution >= 0.6 is 11.6 Å². The highest BCUT2D eigenvalue weighted by atomic mass is 35.5. The van der Waals surface area contributed by atoms with Gasteiger partial charge in [0.25, 0.3) is 21.4 Å². The molecule has 0 atom stereocenters. The first-order valence-electron chi connectivity index (χ1n) is 6.44. The number of sulfonamides is 1. The highest BCUT2D eigenvalue weighted by Gasteiger charge is 2.25. The Morgan fingerprint density at radius 3 is 2.24 bits per heavy atom. The molecule has 0 radical (unpaired) electrons. The van der Waals surface area contributed by atoms with Gasteiger partial charge in [-0.05, 0) is 25.1 Å². The Kier molecular flexibility index (Phi) is 4.90. The highest BCUT2D eigenvalue weighted by molar-refractivity contribution is 7.92. The smallest absolute Gasteiger partial charge is 0.279 e. The van der Waals surface area contributed by atoms with Crippen molar-refractivity contribution in [2.24, 2.45) is 0 Å². The molecular formula is C13H9ClFN3O6S. The Bertz CT molecular complexity index is 995. The van der Waals surface area contributed by atoms with E-state index in [9.17, 15) is 33.0 Å². The molecule has 25 heavy (non-hydrogen) atoms. The predicted molar refractivity (Wildman–Crippen MR) is 86.7 cm³/mol. The van der Waals surface area contributed by atoms with Crippen LogP contribution in [0.2, 0.25) is 5.02 Å². The van der Waals surface area contributed by atoms with Gasteiger partial charge in [-0.1, -0.05) is 11.6 Å². The first-order valence-corrected chi connectivity index (χ1v) is 8.30. The van der Waals surface area contributed by atoms with Crippen LogP contribution in [0.3, 0.4) is 0 Å². The molecule has 0 spiro atoms. The van der Waals surface area contributed by atoms with Crippen molar-refractivity contribution in [2.45, 2.75) is 11.8 Å². The van der Waals surface area contributed by atoms with Crippen molar-refractivity contribution in [2.75, 3.05) is 4.72 Å². The van der Waals surface area contributed by atoms with Gasteiger partial charge in [-0.25, -0.2) is 12.8 Å². The van der Waals surface area contributed by atoms with Gasteiger partial charge in [-0.2, -0.15) is 0 Å². The van der Waals surface area contributed by atoms with Crippen LogP contribution in [0.15, 0.2) is 35.2 Å². The third-order valence-electron chi connectivity index (χ3n) is 3.13. The van der Waals surface area contributed by atoms with Gasteiger partial charge in [0.2, 0.25) is 0 Å². The first kappa shape index (κ1) is 18.5. The number of hydrogen-bond donors (Lipinski definition) is 1. The lowest BCUT2D eigenvalue weighted by atomic mass is 10.2. The lowest BCUT2D eigenvalue weighted by Crippen LogP contribution is -2.15. The second-order valence-corrected chi connectivity index (χ2v) is 6.91. The zero-order chi connectivity index (χ0) is 18.9. The van der Waals surface area contributed by atoms with Gasteiger partial charge in [0.05, 0.1) is 15.5 Å². The number of halogens is 2. The third-order valence-corrected chi connectivity index (χ3v) is 4.85. The second-order valence-electron chi connectivity index (χ2n) is 4.86. The van der Waals surface area contributed by atoms with Crippen molar-refractivity contribution in [3.63, 3.8) is 0 Å². The van der Waals surface area contributed by atoms with Gasteiger partial charge in [-0.3, -0.25) is 25.0 Å². The molecule has 2 rings (SSSR count). The SMILES string of the molecule is Cc1cc(F)c(S(=O)(=O)Nc2ccc(Cl)c([N+](=O)[O-])c2)cc1[N+](=O)[O-]. The summed E-state index contributed by atoms with van der Waals surface area (Å²) in [6.45, 7) is 1.26. The monoisotopic (exact) mass is 389 g/mol. The average molecular weight is 390 g/mol. The third kappa shape index (κ3) is 3.83. The molecule has 0 saturated heterocycles. The Morgan fingerprint density at radius 2 is 1.68 bits per heavy atom. The van der Waals surface area contributed by atoms with Gasteiger partial charge < -0.3 is 0 Å². The molecule has 0 aliphatic carbocycles. The lowest BCUT2D eigenvalue weighted by molar-refractivity contribution is -0.385. The minimum Gasteiger partial charge on any atom is -0.279 e. The van der Waals surface area contributed by atoms with Crippen molar-refractivity contribution < 1.29 is 22.7 Å². The predicted octanol–water partition coefficient (Wildman–Crippen LogP) is 3.40. The van der Waals surface area contributed by atoms with Crippen LogP contribution in [0.1, 0.15) is 5.56 Å². The Balaban J connectivity index is 2.50. The fourth-order valence-electron chi connectivity index (χ4n) is 1.97. The minimum atomic E-state index is -4.57. The summed E-state index contributed by atoms with van der Waals surface area (Å²) >= 11 is 5.62. The summed E-state index contributed by atoms with van der Waals surface area (Å²) in [5, 5.41) is 21.5. The molecule has 0 amide bonds. The van der Waals surface area contributed by atoms with Gasteiger partial charge in [0.15, 0.2) is 0 Å². The summed E-state index contributed by atoms with van der Waals surface area (Å²) in [5.41, 5.74) is -1.44. The highest BCUT2D eigenvalue weighted by Crippen LogP contribution is 2.30. The van der Waals surface area contributed by atoms with Crippen LogP contribution in [0.4, 0.5) is 21.5 Å². The Morgan fingerprint density at radius 1 is 1.08 bits per heavy atom. The van der Waals surface area contributed by atoms with Crippen LogP contribution in [0.25, 0.3) is 0 Å². The lowest BCUT2D eigenvalue weighted by Gasteiger charge is -2.10. The van der Waals surface area contributed by atoms with Crippen LogP contribution in [0, 0.1) is 33.0 Å². The summed E-state index contributed by atoms with van der Waals surface area (Å²) < 4.78 is 40.5. The molecule has 132 valence electrons. The minimum absolute atomic E-state index is 0.0522. The summed E-state index contributed by atoms with van der Waals surface area (Å²) in [5.74, 6) is -1.20. The molecular weight excluding hydrogens is 381 g/mol. The van der Waals surface area contributed by atoms with E-state index in [1.54, 1.807) is 0 Å². The van der Waals surface area contributed by atoms with Crippen LogP contribution in [-0.2, 0) is 10.0 Å². The number of hydrogen-bond acceptors (Lipinski definition) is 6. The zero-order valence-corrected chi connectivity index (χ0v) is 14.0. The van der Waals surface area contributed by atoms with E-state index in [2.05, 4.69) is 0 Å². The van der Waals surface area contributed by atoms with Gasteiger partial charge in [0.1, 0.15) is 15.7 Å². The molecule has 0 aromatic heterocycles. The van der Waals surface area contributed by atoms with E-state index in [0.717, 1.165) is 24.3 Å². The molecule has 0 unspecified atom stereocenters. The topological polar surface area (TPSA) is 132 Å². The standard InChI is InChI=1S/C13H9ClFN3O6S/c1-7-4-10(15)13(6-11(7)17(19)20)25(23,24)16-8-2-3-9(14)12(5-8)18(21)22/h2-6,16H,1H3. The van der Waals surface area contributed by atoms with E-state index in [-0.39, 0.29) is 16.3 Å². The number of aryl methyl sites for hydroxylation is 1. The number of nitrogens with one attached hydrogen (secondary N) is 1. The van der Waals surface area contributed by atoms with Crippen molar-refractivity contribution in [1.82, 2.24) is 0 Å². The second kappa shape index (κ2) is 6.61. The van der Waals surface area contributed by atoms with Gasteiger partial charge in [0, 0.05) is 17.7 Å². The van der Waals surface area contributed by atoms with Crippen molar-refractivity contribution in [3.8, 4) is 0 Å². The fourth-order valence-corrected chi connectivity index (χ4v) is 3.29. The molecule has 0 aliphatic heterocycles. The first-order chi connectivity index (χ1) is 11.5. The zero-order valence-electron chi connectivity index (χ0n) is 12.4. The molecule has 0 fully saturated rings. The molecule has 12 heteroatoms. The van der Waals surface area contributed by atoms with E-state index in [1.807, 2.05) is 4.72 Å².